The highest BCUT2D eigenvalue weighted by molar-refractivity contribution is 5.97. The molecule has 0 atom stereocenters. The van der Waals surface area contributed by atoms with Crippen LogP contribution in [0.5, 0.6) is 0 Å². The minimum atomic E-state index is -0.136. The smallest absolute Gasteiger partial charge is 0.0590 e. The Morgan fingerprint density at radius 3 is 1.43 bits per heavy atom. The predicted molar refractivity (Wildman–Crippen MR) is 119 cm³/mol. The fourth-order valence-corrected chi connectivity index (χ4v) is 3.47. The summed E-state index contributed by atoms with van der Waals surface area (Å²) in [6, 6.07) is 37.6. The lowest BCUT2D eigenvalue weighted by molar-refractivity contribution is -0.243. The second kappa shape index (κ2) is 9.08. The lowest BCUT2D eigenvalue weighted by Gasteiger charge is -2.42. The van der Waals surface area contributed by atoms with E-state index in [1.807, 2.05) is 109 Å². The Kier molecular flexibility index (Phi) is 5.88. The third-order valence-electron chi connectivity index (χ3n) is 4.92. The Bertz CT molecular complexity index is 1090. The molecule has 0 aliphatic carbocycles. The third kappa shape index (κ3) is 4.09. The molecule has 30 heavy (non-hydrogen) atoms. The van der Waals surface area contributed by atoms with Crippen LogP contribution in [0.15, 0.2) is 121 Å². The molecule has 0 aliphatic rings. The van der Waals surface area contributed by atoms with Crippen molar-refractivity contribution in [3.63, 3.8) is 0 Å². The van der Waals surface area contributed by atoms with Crippen LogP contribution in [0.25, 0.3) is 11.3 Å². The van der Waals surface area contributed by atoms with Gasteiger partial charge in [0.25, 0.3) is 0 Å². The summed E-state index contributed by atoms with van der Waals surface area (Å²) in [6.07, 6.45) is 0.0740. The van der Waals surface area contributed by atoms with Gasteiger partial charge >= 0.3 is 0 Å². The number of rotatable bonds is 6. The average Bonchev–Trinajstić information content (AvgIpc) is 2.84. The maximum Gasteiger partial charge on any atom is -0.0590 e. The summed E-state index contributed by atoms with van der Waals surface area (Å²) in [7, 11) is 0. The van der Waals surface area contributed by atoms with E-state index in [1.165, 1.54) is 0 Å². The van der Waals surface area contributed by atoms with Gasteiger partial charge < -0.3 is 10.2 Å². The van der Waals surface area contributed by atoms with Gasteiger partial charge in [-0.2, -0.15) is 23.5 Å². The quantitative estimate of drug-likeness (QED) is 0.269. The number of benzene rings is 4. The SMILES string of the molecule is [O-]C(=C(c1ccccc1)[C-](c1ccccc1)[C-](O)c1ccccc1)c1ccccc1. The first-order valence-corrected chi connectivity index (χ1v) is 9.82. The second-order valence-electron chi connectivity index (χ2n) is 6.89. The molecule has 0 aromatic heterocycles. The summed E-state index contributed by atoms with van der Waals surface area (Å²) >= 11 is 0. The zero-order valence-electron chi connectivity index (χ0n) is 16.4. The third-order valence-corrected chi connectivity index (χ3v) is 4.92. The van der Waals surface area contributed by atoms with Crippen molar-refractivity contribution in [1.29, 1.82) is 0 Å². The molecule has 2 heteroatoms. The van der Waals surface area contributed by atoms with Crippen LogP contribution in [0.3, 0.4) is 0 Å². The van der Waals surface area contributed by atoms with Gasteiger partial charge in [0.2, 0.25) is 0 Å². The Morgan fingerprint density at radius 1 is 0.533 bits per heavy atom. The lowest BCUT2D eigenvalue weighted by Crippen LogP contribution is -2.19. The highest BCUT2D eigenvalue weighted by Crippen LogP contribution is 2.42. The standard InChI is InChI=1S/C28H22O2/c29-27(23-17-9-3-10-18-23)25(21-13-5-1-6-14-21)26(22-15-7-2-8-16-22)28(30)24-19-11-4-12-20-24/h1-20,29-30H/q-2/p-1. The molecule has 1 N–H and O–H groups in total. The van der Waals surface area contributed by atoms with Gasteiger partial charge in [-0.15, -0.1) is 41.3 Å². The molecule has 4 aromatic carbocycles. The van der Waals surface area contributed by atoms with Crippen molar-refractivity contribution in [2.24, 2.45) is 0 Å². The number of hydrogen-bond donors (Lipinski definition) is 1. The van der Waals surface area contributed by atoms with Crippen LogP contribution in [-0.2, 0) is 0 Å². The lowest BCUT2D eigenvalue weighted by atomic mass is 9.79. The summed E-state index contributed by atoms with van der Waals surface area (Å²) in [5.74, 6) is 0.380. The normalized spacial score (nSPS) is 11.5. The van der Waals surface area contributed by atoms with Crippen LogP contribution in [-0.4, -0.2) is 5.11 Å². The van der Waals surface area contributed by atoms with Gasteiger partial charge in [0.05, 0.1) is 0 Å². The number of hydrogen-bond acceptors (Lipinski definition) is 2. The molecular formula is C28H21O2-3. The van der Waals surface area contributed by atoms with Gasteiger partial charge in [0, 0.05) is 0 Å². The largest absolute Gasteiger partial charge is 0.905 e. The zero-order chi connectivity index (χ0) is 20.8. The van der Waals surface area contributed by atoms with Crippen LogP contribution in [0.2, 0.25) is 0 Å². The molecule has 0 saturated heterocycles. The molecule has 0 heterocycles. The first-order valence-electron chi connectivity index (χ1n) is 9.82. The van der Waals surface area contributed by atoms with Crippen LogP contribution in [0.4, 0.5) is 0 Å². The number of aliphatic hydroxyl groups is 1. The molecule has 0 fully saturated rings. The Hall–Kier alpha value is -3.88. The monoisotopic (exact) mass is 389 g/mol. The van der Waals surface area contributed by atoms with Crippen LogP contribution in [0, 0.1) is 12.0 Å². The van der Waals surface area contributed by atoms with Crippen molar-refractivity contribution >= 4 is 11.3 Å². The van der Waals surface area contributed by atoms with Crippen LogP contribution >= 0.6 is 0 Å². The molecule has 0 spiro atoms. The van der Waals surface area contributed by atoms with Crippen molar-refractivity contribution in [2.75, 3.05) is 0 Å². The summed E-state index contributed by atoms with van der Waals surface area (Å²) in [6.45, 7) is 0. The van der Waals surface area contributed by atoms with Gasteiger partial charge in [0.15, 0.2) is 0 Å². The van der Waals surface area contributed by atoms with E-state index in [0.717, 1.165) is 11.1 Å². The van der Waals surface area contributed by atoms with E-state index in [-0.39, 0.29) is 11.9 Å². The predicted octanol–water partition coefficient (Wildman–Crippen LogP) is 5.49. The molecule has 0 aliphatic heterocycles. The van der Waals surface area contributed by atoms with Crippen molar-refractivity contribution < 1.29 is 10.2 Å². The Balaban J connectivity index is 1.96. The average molecular weight is 389 g/mol. The summed E-state index contributed by atoms with van der Waals surface area (Å²) in [5.41, 5.74) is 3.24. The maximum atomic E-state index is 13.7. The van der Waals surface area contributed by atoms with E-state index in [9.17, 15) is 10.2 Å². The van der Waals surface area contributed by atoms with E-state index in [2.05, 4.69) is 0 Å². The van der Waals surface area contributed by atoms with Crippen molar-refractivity contribution in [2.45, 2.75) is 0 Å². The van der Waals surface area contributed by atoms with E-state index in [0.29, 0.717) is 22.6 Å². The molecular weight excluding hydrogens is 368 g/mol. The molecule has 0 bridgehead atoms. The molecule has 4 rings (SSSR count). The highest BCUT2D eigenvalue weighted by Gasteiger charge is 2.17. The summed E-state index contributed by atoms with van der Waals surface area (Å²) in [4.78, 5) is 0. The fraction of sp³-hybridized carbons (Fsp3) is 0. The zero-order valence-corrected chi connectivity index (χ0v) is 16.4. The first-order chi connectivity index (χ1) is 14.8. The van der Waals surface area contributed by atoms with Gasteiger partial charge in [-0.25, -0.2) is 0 Å². The van der Waals surface area contributed by atoms with Crippen LogP contribution in [0.1, 0.15) is 22.3 Å². The Morgan fingerprint density at radius 2 is 0.933 bits per heavy atom. The summed E-state index contributed by atoms with van der Waals surface area (Å²) < 4.78 is 0. The van der Waals surface area contributed by atoms with Gasteiger partial charge in [-0.1, -0.05) is 102 Å². The molecule has 4 aromatic rings. The Labute approximate surface area is 177 Å². The van der Waals surface area contributed by atoms with Crippen molar-refractivity contribution in [3.05, 3.63) is 156 Å². The molecule has 0 saturated carbocycles. The minimum Gasteiger partial charge on any atom is -0.905 e. The molecule has 0 unspecified atom stereocenters. The van der Waals surface area contributed by atoms with Gasteiger partial charge in [0.1, 0.15) is 0 Å². The molecule has 0 radical (unpaired) electrons. The van der Waals surface area contributed by atoms with Gasteiger partial charge in [-0.3, -0.25) is 0 Å². The van der Waals surface area contributed by atoms with E-state index < -0.39 is 0 Å². The topological polar surface area (TPSA) is 43.3 Å². The van der Waals surface area contributed by atoms with Crippen LogP contribution < -0.4 is 5.11 Å². The maximum absolute atomic E-state index is 13.7. The minimum absolute atomic E-state index is 0.0740. The molecule has 0 amide bonds. The molecule has 2 nitrogen and oxygen atoms in total. The van der Waals surface area contributed by atoms with Crippen molar-refractivity contribution in [1.82, 2.24) is 0 Å². The summed E-state index contributed by atoms with van der Waals surface area (Å²) in [5, 5.41) is 25.1. The second-order valence-corrected chi connectivity index (χ2v) is 6.89. The number of aliphatic hydroxyl groups excluding tert-OH is 1. The van der Waals surface area contributed by atoms with E-state index in [1.54, 1.807) is 12.1 Å². The highest BCUT2D eigenvalue weighted by atomic mass is 16.3. The first kappa shape index (κ1) is 19.4. The molecule has 148 valence electrons. The van der Waals surface area contributed by atoms with Crippen molar-refractivity contribution in [3.8, 4) is 0 Å². The van der Waals surface area contributed by atoms with E-state index >= 15 is 0 Å². The van der Waals surface area contributed by atoms with E-state index in [4.69, 9.17) is 0 Å². The fourth-order valence-electron chi connectivity index (χ4n) is 3.47. The van der Waals surface area contributed by atoms with Gasteiger partial charge in [-0.05, 0) is 0 Å².